The summed E-state index contributed by atoms with van der Waals surface area (Å²) in [7, 11) is 0. The maximum atomic E-state index is 10.3. The molecule has 0 spiro atoms. The highest BCUT2D eigenvalue weighted by Crippen LogP contribution is 2.35. The van der Waals surface area contributed by atoms with Gasteiger partial charge >= 0.3 is 5.97 Å². The third-order valence-electron chi connectivity index (χ3n) is 1.85. The van der Waals surface area contributed by atoms with Crippen LogP contribution in [0.25, 0.3) is 0 Å². The van der Waals surface area contributed by atoms with Crippen LogP contribution in [0.1, 0.15) is 19.8 Å². The highest BCUT2D eigenvalue weighted by Gasteiger charge is 2.44. The van der Waals surface area contributed by atoms with Crippen molar-refractivity contribution >= 4 is 5.97 Å². The number of rotatable bonds is 1. The fourth-order valence-corrected chi connectivity index (χ4v) is 1.36. The molecular weight excluding hydrogens is 118 g/mol. The van der Waals surface area contributed by atoms with E-state index < -0.39 is 11.5 Å². The van der Waals surface area contributed by atoms with Crippen molar-refractivity contribution in [2.24, 2.45) is 11.7 Å². The van der Waals surface area contributed by atoms with Gasteiger partial charge in [-0.3, -0.25) is 4.79 Å². The topological polar surface area (TPSA) is 63.3 Å². The third-order valence-corrected chi connectivity index (χ3v) is 1.85. The summed E-state index contributed by atoms with van der Waals surface area (Å²) in [4.78, 5) is 10.3. The van der Waals surface area contributed by atoms with E-state index in [2.05, 4.69) is 0 Å². The van der Waals surface area contributed by atoms with Crippen molar-refractivity contribution in [2.75, 3.05) is 0 Å². The van der Waals surface area contributed by atoms with Crippen LogP contribution in [-0.2, 0) is 4.79 Å². The monoisotopic (exact) mass is 129 g/mol. The fourth-order valence-electron chi connectivity index (χ4n) is 1.36. The zero-order valence-electron chi connectivity index (χ0n) is 5.42. The van der Waals surface area contributed by atoms with Gasteiger partial charge < -0.3 is 10.8 Å². The maximum Gasteiger partial charge on any atom is 0.323 e. The first-order chi connectivity index (χ1) is 4.04. The van der Waals surface area contributed by atoms with Crippen LogP contribution in [0.15, 0.2) is 0 Å². The molecule has 0 aromatic carbocycles. The minimum absolute atomic E-state index is 0.492. The largest absolute Gasteiger partial charge is 0.480 e. The second-order valence-electron chi connectivity index (χ2n) is 2.97. The second-order valence-corrected chi connectivity index (χ2v) is 2.97. The Morgan fingerprint density at radius 1 is 1.78 bits per heavy atom. The van der Waals surface area contributed by atoms with Gasteiger partial charge in [0.15, 0.2) is 0 Å². The summed E-state index contributed by atoms with van der Waals surface area (Å²) in [5, 5.41) is 8.49. The lowest BCUT2D eigenvalue weighted by molar-refractivity contribution is -0.148. The van der Waals surface area contributed by atoms with Gasteiger partial charge in [0.2, 0.25) is 0 Å². The van der Waals surface area contributed by atoms with Crippen molar-refractivity contribution < 1.29 is 9.90 Å². The van der Waals surface area contributed by atoms with Gasteiger partial charge in [-0.25, -0.2) is 0 Å². The molecule has 3 N–H and O–H groups in total. The maximum absolute atomic E-state index is 10.3. The van der Waals surface area contributed by atoms with Crippen LogP contribution in [0.3, 0.4) is 0 Å². The first-order valence-corrected chi connectivity index (χ1v) is 3.07. The number of aliphatic carboxylic acids is 1. The lowest BCUT2D eigenvalue weighted by atomic mass is 9.70. The van der Waals surface area contributed by atoms with Crippen LogP contribution >= 0.6 is 0 Å². The molecule has 0 aliphatic heterocycles. The minimum atomic E-state index is -0.889. The first kappa shape index (κ1) is 6.55. The van der Waals surface area contributed by atoms with Crippen LogP contribution in [0, 0.1) is 5.92 Å². The quantitative estimate of drug-likeness (QED) is 0.531. The van der Waals surface area contributed by atoms with Crippen molar-refractivity contribution in [2.45, 2.75) is 25.3 Å². The summed E-state index contributed by atoms with van der Waals surface area (Å²) in [5.74, 6) is -0.369. The van der Waals surface area contributed by atoms with Gasteiger partial charge in [0.25, 0.3) is 0 Å². The number of carboxylic acids is 1. The van der Waals surface area contributed by atoms with Crippen molar-refractivity contribution in [3.63, 3.8) is 0 Å². The summed E-state index contributed by atoms with van der Waals surface area (Å²) < 4.78 is 0. The van der Waals surface area contributed by atoms with E-state index in [9.17, 15) is 4.79 Å². The van der Waals surface area contributed by atoms with Crippen LogP contribution < -0.4 is 5.73 Å². The fraction of sp³-hybridized carbons (Fsp3) is 0.833. The smallest absolute Gasteiger partial charge is 0.323 e. The molecule has 0 heterocycles. The molecule has 3 nitrogen and oxygen atoms in total. The molecule has 1 aliphatic carbocycles. The van der Waals surface area contributed by atoms with Crippen molar-refractivity contribution in [1.82, 2.24) is 0 Å². The highest BCUT2D eigenvalue weighted by atomic mass is 16.4. The Kier molecular flexibility index (Phi) is 1.24. The van der Waals surface area contributed by atoms with Crippen molar-refractivity contribution in [3.8, 4) is 0 Å². The van der Waals surface area contributed by atoms with Crippen LogP contribution in [0.5, 0.6) is 0 Å². The Bertz CT molecular complexity index is 138. The molecule has 1 rings (SSSR count). The molecule has 0 bridgehead atoms. The average molecular weight is 129 g/mol. The molecular formula is C6H11NO2. The summed E-state index contributed by atoms with van der Waals surface area (Å²) in [5.41, 5.74) is 4.55. The van der Waals surface area contributed by atoms with E-state index in [4.69, 9.17) is 10.8 Å². The van der Waals surface area contributed by atoms with E-state index in [1.807, 2.05) is 6.92 Å². The predicted molar refractivity (Wildman–Crippen MR) is 33.0 cm³/mol. The summed E-state index contributed by atoms with van der Waals surface area (Å²) in [6.45, 7) is 2.01. The normalized spacial score (nSPS) is 41.8. The molecule has 0 aromatic heterocycles. The molecule has 0 saturated heterocycles. The molecule has 0 amide bonds. The Hall–Kier alpha value is -0.570. The van der Waals surface area contributed by atoms with E-state index in [0.29, 0.717) is 18.8 Å². The summed E-state index contributed by atoms with van der Waals surface area (Å²) in [6.07, 6.45) is 1.25. The molecule has 0 atom stereocenters. The van der Waals surface area contributed by atoms with Crippen LogP contribution in [0.4, 0.5) is 0 Å². The van der Waals surface area contributed by atoms with Gasteiger partial charge in [-0.2, -0.15) is 0 Å². The standard InChI is InChI=1S/C6H11NO2/c1-4-2-6(7,3-4)5(8)9/h4H,2-3,7H2,1H3,(H,8,9)/t4-,6+. The van der Waals surface area contributed by atoms with E-state index in [0.717, 1.165) is 0 Å². The van der Waals surface area contributed by atoms with Crippen LogP contribution in [0.2, 0.25) is 0 Å². The molecule has 9 heavy (non-hydrogen) atoms. The third kappa shape index (κ3) is 0.920. The number of carboxylic acid groups (broad SMARTS) is 1. The van der Waals surface area contributed by atoms with E-state index in [-0.39, 0.29) is 0 Å². The molecule has 3 heteroatoms. The number of hydrogen-bond donors (Lipinski definition) is 2. The lowest BCUT2D eigenvalue weighted by Gasteiger charge is -2.39. The molecule has 0 unspecified atom stereocenters. The predicted octanol–water partition coefficient (Wildman–Crippen LogP) is 0.198. The van der Waals surface area contributed by atoms with Gasteiger partial charge in [-0.15, -0.1) is 0 Å². The minimum Gasteiger partial charge on any atom is -0.480 e. The van der Waals surface area contributed by atoms with Crippen LogP contribution in [-0.4, -0.2) is 16.6 Å². The Labute approximate surface area is 53.9 Å². The molecule has 52 valence electrons. The number of nitrogens with two attached hydrogens (primary N) is 1. The van der Waals surface area contributed by atoms with E-state index >= 15 is 0 Å². The Balaban J connectivity index is 2.50. The SMILES string of the molecule is C[C@H]1C[C@](N)(C(=O)O)C1. The zero-order valence-corrected chi connectivity index (χ0v) is 5.42. The number of hydrogen-bond acceptors (Lipinski definition) is 2. The lowest BCUT2D eigenvalue weighted by Crippen LogP contribution is -2.57. The van der Waals surface area contributed by atoms with Gasteiger partial charge in [-0.05, 0) is 18.8 Å². The van der Waals surface area contributed by atoms with Gasteiger partial charge in [0.1, 0.15) is 5.54 Å². The Morgan fingerprint density at radius 3 is 2.33 bits per heavy atom. The van der Waals surface area contributed by atoms with E-state index in [1.165, 1.54) is 0 Å². The summed E-state index contributed by atoms with van der Waals surface area (Å²) in [6, 6.07) is 0. The second kappa shape index (κ2) is 1.70. The average Bonchev–Trinajstić information content (AvgIpc) is 1.62. The molecule has 1 fully saturated rings. The summed E-state index contributed by atoms with van der Waals surface area (Å²) >= 11 is 0. The molecule has 1 saturated carbocycles. The Morgan fingerprint density at radius 2 is 2.22 bits per heavy atom. The first-order valence-electron chi connectivity index (χ1n) is 3.07. The zero-order chi connectivity index (χ0) is 7.07. The molecule has 0 aromatic rings. The molecule has 0 radical (unpaired) electrons. The van der Waals surface area contributed by atoms with Crippen molar-refractivity contribution in [1.29, 1.82) is 0 Å². The van der Waals surface area contributed by atoms with Gasteiger partial charge in [0, 0.05) is 0 Å². The number of carbonyl (C=O) groups is 1. The van der Waals surface area contributed by atoms with E-state index in [1.54, 1.807) is 0 Å². The van der Waals surface area contributed by atoms with Gasteiger partial charge in [-0.1, -0.05) is 6.92 Å². The highest BCUT2D eigenvalue weighted by molar-refractivity contribution is 5.79. The van der Waals surface area contributed by atoms with Crippen molar-refractivity contribution in [3.05, 3.63) is 0 Å². The molecule has 1 aliphatic rings. The van der Waals surface area contributed by atoms with Gasteiger partial charge in [0.05, 0.1) is 0 Å².